The molecule has 6 nitrogen and oxygen atoms in total. The van der Waals surface area contributed by atoms with Gasteiger partial charge in [0.1, 0.15) is 11.5 Å². The van der Waals surface area contributed by atoms with Crippen LogP contribution in [0.1, 0.15) is 61.1 Å². The summed E-state index contributed by atoms with van der Waals surface area (Å²) in [5.41, 5.74) is 5.38. The predicted molar refractivity (Wildman–Crippen MR) is 178 cm³/mol. The Bertz CT molecular complexity index is 1500. The van der Waals surface area contributed by atoms with Gasteiger partial charge in [0.15, 0.2) is 23.0 Å². The van der Waals surface area contributed by atoms with Crippen LogP contribution in [-0.4, -0.2) is 34.6 Å². The molecule has 4 aromatic carbocycles. The van der Waals surface area contributed by atoms with Crippen molar-refractivity contribution in [1.82, 2.24) is 0 Å². The Balaban J connectivity index is 0.000000241. The third kappa shape index (κ3) is 7.38. The van der Waals surface area contributed by atoms with E-state index in [1.165, 1.54) is 14.2 Å². The number of methoxy groups -OCH3 is 2. The average molecular weight is 597 g/mol. The van der Waals surface area contributed by atoms with Gasteiger partial charge in [0.25, 0.3) is 0 Å². The van der Waals surface area contributed by atoms with E-state index >= 15 is 0 Å². The zero-order chi connectivity index (χ0) is 32.7. The second kappa shape index (κ2) is 14.1. The van der Waals surface area contributed by atoms with Gasteiger partial charge in [0.2, 0.25) is 0 Å². The number of hydrogen-bond donors (Lipinski definition) is 4. The van der Waals surface area contributed by atoms with Crippen molar-refractivity contribution < 1.29 is 29.9 Å². The zero-order valence-electron chi connectivity index (χ0n) is 26.5. The number of aromatic hydroxyl groups is 4. The Labute approximate surface area is 261 Å². The van der Waals surface area contributed by atoms with Crippen LogP contribution in [0.5, 0.6) is 34.5 Å². The van der Waals surface area contributed by atoms with Crippen LogP contribution in [0.2, 0.25) is 0 Å². The molecule has 0 aliphatic heterocycles. The quantitative estimate of drug-likeness (QED) is 0.137. The van der Waals surface area contributed by atoms with Crippen LogP contribution < -0.4 is 9.47 Å². The molecule has 4 aromatic rings. The molecule has 0 aromatic heterocycles. The molecule has 0 saturated carbocycles. The van der Waals surface area contributed by atoms with Gasteiger partial charge in [-0.3, -0.25) is 0 Å². The molecule has 6 heteroatoms. The topological polar surface area (TPSA) is 99.4 Å². The van der Waals surface area contributed by atoms with Crippen LogP contribution in [0.3, 0.4) is 0 Å². The molecule has 0 saturated heterocycles. The summed E-state index contributed by atoms with van der Waals surface area (Å²) in [6, 6.07) is 22.0. The van der Waals surface area contributed by atoms with E-state index in [9.17, 15) is 20.4 Å². The Hall–Kier alpha value is -4.84. The van der Waals surface area contributed by atoms with Crippen LogP contribution in [0, 0.1) is 0 Å². The van der Waals surface area contributed by atoms with Gasteiger partial charge in [-0.05, 0) is 82.6 Å². The Morgan fingerprint density at radius 3 is 1.11 bits per heavy atom. The molecule has 4 N–H and O–H groups in total. The van der Waals surface area contributed by atoms with E-state index in [0.29, 0.717) is 35.8 Å². The van der Waals surface area contributed by atoms with Gasteiger partial charge in [0.05, 0.1) is 14.2 Å². The maximum Gasteiger partial charge on any atom is 0.160 e. The number of benzene rings is 4. The normalized spacial score (nSPS) is 11.2. The van der Waals surface area contributed by atoms with Crippen molar-refractivity contribution in [3.05, 3.63) is 131 Å². The molecule has 0 spiro atoms. The van der Waals surface area contributed by atoms with Gasteiger partial charge in [-0.2, -0.15) is 0 Å². The maximum atomic E-state index is 9.96. The number of phenols is 4. The lowest BCUT2D eigenvalue weighted by Gasteiger charge is -2.27. The first-order chi connectivity index (χ1) is 20.8. The van der Waals surface area contributed by atoms with Crippen LogP contribution in [0.4, 0.5) is 0 Å². The van der Waals surface area contributed by atoms with Crippen LogP contribution >= 0.6 is 0 Å². The summed E-state index contributed by atoms with van der Waals surface area (Å²) in [6.45, 7) is 15.9. The lowest BCUT2D eigenvalue weighted by molar-refractivity contribution is 0.370. The molecule has 0 aliphatic rings. The van der Waals surface area contributed by atoms with E-state index in [1.54, 1.807) is 36.4 Å². The highest BCUT2D eigenvalue weighted by molar-refractivity contribution is 5.51. The Morgan fingerprint density at radius 2 is 0.818 bits per heavy atom. The number of phenolic OH excluding ortho intramolecular Hbond substituents is 4. The number of hydrogen-bond acceptors (Lipinski definition) is 6. The summed E-state index contributed by atoms with van der Waals surface area (Å²) in [7, 11) is 3.05. The van der Waals surface area contributed by atoms with Crippen molar-refractivity contribution in [2.24, 2.45) is 0 Å². The molecule has 44 heavy (non-hydrogen) atoms. The van der Waals surface area contributed by atoms with Crippen molar-refractivity contribution >= 4 is 0 Å². The van der Waals surface area contributed by atoms with Crippen LogP contribution in [-0.2, 0) is 23.7 Å². The summed E-state index contributed by atoms with van der Waals surface area (Å²) in [5.74, 6) is 1.68. The van der Waals surface area contributed by atoms with Gasteiger partial charge in [-0.1, -0.05) is 76.2 Å². The molecular formula is C38H44O6. The van der Waals surface area contributed by atoms with E-state index in [2.05, 4.69) is 40.9 Å². The van der Waals surface area contributed by atoms with Crippen molar-refractivity contribution in [2.45, 2.75) is 51.4 Å². The first-order valence-electron chi connectivity index (χ1n) is 14.4. The first kappa shape index (κ1) is 33.7. The van der Waals surface area contributed by atoms with E-state index in [-0.39, 0.29) is 22.3 Å². The second-order valence-electron chi connectivity index (χ2n) is 11.7. The molecule has 0 unspecified atom stereocenters. The third-order valence-corrected chi connectivity index (χ3v) is 8.13. The highest BCUT2D eigenvalue weighted by Crippen LogP contribution is 2.40. The average Bonchev–Trinajstić information content (AvgIpc) is 3.00. The summed E-state index contributed by atoms with van der Waals surface area (Å²) in [6.07, 6.45) is 4.84. The van der Waals surface area contributed by atoms with E-state index in [1.807, 2.05) is 48.5 Å². The zero-order valence-corrected chi connectivity index (χ0v) is 26.5. The van der Waals surface area contributed by atoms with Gasteiger partial charge in [-0.25, -0.2) is 0 Å². The van der Waals surface area contributed by atoms with Crippen LogP contribution in [0.15, 0.2) is 98.1 Å². The van der Waals surface area contributed by atoms with Crippen molar-refractivity contribution in [2.75, 3.05) is 14.2 Å². The highest BCUT2D eigenvalue weighted by Gasteiger charge is 2.26. The van der Waals surface area contributed by atoms with Gasteiger partial charge in [0, 0.05) is 10.8 Å². The molecule has 0 aliphatic carbocycles. The molecule has 0 atom stereocenters. The molecule has 0 radical (unpaired) electrons. The fourth-order valence-corrected chi connectivity index (χ4v) is 5.05. The molecule has 0 fully saturated rings. The monoisotopic (exact) mass is 596 g/mol. The minimum atomic E-state index is -0.331. The number of ether oxygens (including phenoxy) is 2. The lowest BCUT2D eigenvalue weighted by Crippen LogP contribution is -2.19. The van der Waals surface area contributed by atoms with E-state index in [4.69, 9.17) is 9.47 Å². The van der Waals surface area contributed by atoms with Gasteiger partial charge in [-0.15, -0.1) is 13.2 Å². The Morgan fingerprint density at radius 1 is 0.523 bits per heavy atom. The molecular weight excluding hydrogens is 552 g/mol. The molecule has 0 amide bonds. The standard InChI is InChI=1S/C21H24O2.C17H20O4/c1-5-7-15-13-17(9-11-19(15)22)21(3,4)18-10-12-20(23)16(14-18)8-6-2;1-17(2,11-5-7-13(18)15(9-11)20-3)12-6-8-14(19)16(10-12)21-4/h5-6,9-14,22-23H,1-2,7-8H2,3-4H3;5-10,18-19H,1-4H3. The fraction of sp³-hybridized carbons (Fsp3) is 0.263. The molecule has 0 bridgehead atoms. The largest absolute Gasteiger partial charge is 0.508 e. The Kier molecular flexibility index (Phi) is 10.8. The van der Waals surface area contributed by atoms with Gasteiger partial charge < -0.3 is 29.9 Å². The van der Waals surface area contributed by atoms with Crippen molar-refractivity contribution in [3.8, 4) is 34.5 Å². The second-order valence-corrected chi connectivity index (χ2v) is 11.7. The van der Waals surface area contributed by atoms with Gasteiger partial charge >= 0.3 is 0 Å². The summed E-state index contributed by atoms with van der Waals surface area (Å²) in [5, 5.41) is 39.3. The van der Waals surface area contributed by atoms with Crippen LogP contribution in [0.25, 0.3) is 0 Å². The van der Waals surface area contributed by atoms with E-state index < -0.39 is 0 Å². The third-order valence-electron chi connectivity index (χ3n) is 8.13. The molecule has 4 rings (SSSR count). The first-order valence-corrected chi connectivity index (χ1v) is 14.4. The summed E-state index contributed by atoms with van der Waals surface area (Å²) < 4.78 is 10.3. The molecule has 0 heterocycles. The minimum absolute atomic E-state index is 0.111. The SMILES string of the molecule is C=CCc1cc(C(C)(C)c2ccc(O)c(CC=C)c2)ccc1O.COc1cc(C(C)(C)c2ccc(O)c(OC)c2)ccc1O. The smallest absolute Gasteiger partial charge is 0.160 e. The number of allylic oxidation sites excluding steroid dienone is 2. The molecule has 232 valence electrons. The fourth-order valence-electron chi connectivity index (χ4n) is 5.05. The summed E-state index contributed by atoms with van der Waals surface area (Å²) in [4.78, 5) is 0. The van der Waals surface area contributed by atoms with E-state index in [0.717, 1.165) is 33.4 Å². The number of rotatable bonds is 10. The predicted octanol–water partition coefficient (Wildman–Crippen LogP) is 8.32. The summed E-state index contributed by atoms with van der Waals surface area (Å²) >= 11 is 0. The van der Waals surface area contributed by atoms with Crippen molar-refractivity contribution in [3.63, 3.8) is 0 Å². The highest BCUT2D eigenvalue weighted by atomic mass is 16.5. The lowest BCUT2D eigenvalue weighted by atomic mass is 9.77. The van der Waals surface area contributed by atoms with Crippen molar-refractivity contribution in [1.29, 1.82) is 0 Å². The maximum absolute atomic E-state index is 9.96. The minimum Gasteiger partial charge on any atom is -0.508 e.